The van der Waals surface area contributed by atoms with Crippen molar-refractivity contribution in [2.24, 2.45) is 5.73 Å². The van der Waals surface area contributed by atoms with E-state index in [9.17, 15) is 4.79 Å². The summed E-state index contributed by atoms with van der Waals surface area (Å²) in [6.45, 7) is 0.101. The molecule has 5 heteroatoms. The van der Waals surface area contributed by atoms with Crippen molar-refractivity contribution in [1.82, 2.24) is 4.98 Å². The van der Waals surface area contributed by atoms with Gasteiger partial charge in [-0.1, -0.05) is 0 Å². The minimum atomic E-state index is -0.412. The number of aromatic nitrogens is 1. The van der Waals surface area contributed by atoms with Crippen LogP contribution in [0, 0.1) is 0 Å². The monoisotopic (exact) mass is 166 g/mol. The number of nitrogens with one attached hydrogen (secondary N) is 1. The molecule has 5 N–H and O–H groups in total. The molecule has 0 saturated heterocycles. The normalized spacial score (nSPS) is 9.33. The molecule has 12 heavy (non-hydrogen) atoms. The fourth-order valence-electron chi connectivity index (χ4n) is 0.747. The molecular formula is C7H10N4O. The summed E-state index contributed by atoms with van der Waals surface area (Å²) in [6, 6.07) is 3.34. The summed E-state index contributed by atoms with van der Waals surface area (Å²) in [5, 5.41) is 2.79. The molecule has 0 bridgehead atoms. The first-order chi connectivity index (χ1) is 5.68. The summed E-state index contributed by atoms with van der Waals surface area (Å²) in [5.74, 6) is -0.00476. The molecule has 0 aliphatic heterocycles. The van der Waals surface area contributed by atoms with Crippen molar-refractivity contribution in [3.63, 3.8) is 0 Å². The van der Waals surface area contributed by atoms with E-state index in [1.54, 1.807) is 18.3 Å². The summed E-state index contributed by atoms with van der Waals surface area (Å²) in [4.78, 5) is 14.2. The van der Waals surface area contributed by atoms with E-state index in [0.29, 0.717) is 5.82 Å². The first kappa shape index (κ1) is 8.32. The van der Waals surface area contributed by atoms with E-state index < -0.39 is 5.91 Å². The van der Waals surface area contributed by atoms with Crippen molar-refractivity contribution in [3.05, 3.63) is 18.3 Å². The van der Waals surface area contributed by atoms with Crippen LogP contribution in [0.5, 0.6) is 0 Å². The van der Waals surface area contributed by atoms with Crippen LogP contribution in [-0.2, 0) is 4.79 Å². The Labute approximate surface area is 69.8 Å². The van der Waals surface area contributed by atoms with E-state index in [0.717, 1.165) is 5.69 Å². The summed E-state index contributed by atoms with van der Waals surface area (Å²) in [6.07, 6.45) is 1.55. The predicted molar refractivity (Wildman–Crippen MR) is 46.3 cm³/mol. The highest BCUT2D eigenvalue weighted by Gasteiger charge is 1.95. The standard InChI is InChI=1S/C7H10N4O/c8-6-3-5(1-2-10-6)11-4-7(9)12/h1-3H,4H2,(H2,9,12)(H3,8,10,11). The zero-order valence-electron chi connectivity index (χ0n) is 6.45. The Bertz CT molecular complexity index is 286. The Morgan fingerprint density at radius 1 is 1.67 bits per heavy atom. The van der Waals surface area contributed by atoms with Crippen LogP contribution in [0.4, 0.5) is 11.5 Å². The van der Waals surface area contributed by atoms with Crippen molar-refractivity contribution in [3.8, 4) is 0 Å². The number of nitrogens with two attached hydrogens (primary N) is 2. The molecule has 1 amide bonds. The van der Waals surface area contributed by atoms with Crippen LogP contribution in [0.1, 0.15) is 0 Å². The van der Waals surface area contributed by atoms with Crippen molar-refractivity contribution >= 4 is 17.4 Å². The second-order valence-corrected chi connectivity index (χ2v) is 2.29. The van der Waals surface area contributed by atoms with Gasteiger partial charge in [0, 0.05) is 18.0 Å². The van der Waals surface area contributed by atoms with Crippen molar-refractivity contribution in [2.45, 2.75) is 0 Å². The van der Waals surface area contributed by atoms with Gasteiger partial charge >= 0.3 is 0 Å². The molecule has 0 aliphatic carbocycles. The number of carbonyl (C=O) groups is 1. The van der Waals surface area contributed by atoms with Crippen LogP contribution in [0.2, 0.25) is 0 Å². The molecule has 1 aromatic rings. The zero-order chi connectivity index (χ0) is 8.97. The van der Waals surface area contributed by atoms with Gasteiger partial charge in [-0.25, -0.2) is 4.98 Å². The smallest absolute Gasteiger partial charge is 0.236 e. The quantitative estimate of drug-likeness (QED) is 0.567. The topological polar surface area (TPSA) is 94.0 Å². The van der Waals surface area contributed by atoms with Crippen LogP contribution in [0.15, 0.2) is 18.3 Å². The van der Waals surface area contributed by atoms with E-state index in [1.165, 1.54) is 0 Å². The predicted octanol–water partition coefficient (Wildman–Crippen LogP) is -0.439. The largest absolute Gasteiger partial charge is 0.384 e. The van der Waals surface area contributed by atoms with Gasteiger partial charge in [-0.05, 0) is 6.07 Å². The first-order valence-corrected chi connectivity index (χ1v) is 3.42. The van der Waals surface area contributed by atoms with Crippen LogP contribution in [0.3, 0.4) is 0 Å². The third-order valence-electron chi connectivity index (χ3n) is 1.25. The Kier molecular flexibility index (Phi) is 2.47. The third-order valence-corrected chi connectivity index (χ3v) is 1.25. The van der Waals surface area contributed by atoms with E-state index in [4.69, 9.17) is 11.5 Å². The maximum absolute atomic E-state index is 10.4. The lowest BCUT2D eigenvalue weighted by Gasteiger charge is -2.02. The van der Waals surface area contributed by atoms with Crippen LogP contribution < -0.4 is 16.8 Å². The molecule has 0 unspecified atom stereocenters. The van der Waals surface area contributed by atoms with E-state index in [2.05, 4.69) is 10.3 Å². The van der Waals surface area contributed by atoms with Gasteiger partial charge in [-0.2, -0.15) is 0 Å². The van der Waals surface area contributed by atoms with Crippen molar-refractivity contribution < 1.29 is 4.79 Å². The van der Waals surface area contributed by atoms with Gasteiger partial charge in [-0.3, -0.25) is 4.79 Å². The van der Waals surface area contributed by atoms with Gasteiger partial charge in [0.15, 0.2) is 0 Å². The van der Waals surface area contributed by atoms with Gasteiger partial charge in [0.05, 0.1) is 6.54 Å². The molecule has 5 nitrogen and oxygen atoms in total. The van der Waals surface area contributed by atoms with Gasteiger partial charge in [0.1, 0.15) is 5.82 Å². The van der Waals surface area contributed by atoms with Gasteiger partial charge in [-0.15, -0.1) is 0 Å². The molecule has 1 aromatic heterocycles. The Morgan fingerprint density at radius 3 is 3.00 bits per heavy atom. The number of primary amides is 1. The molecular weight excluding hydrogens is 156 g/mol. The number of nitrogens with zero attached hydrogens (tertiary/aromatic N) is 1. The van der Waals surface area contributed by atoms with Crippen LogP contribution in [-0.4, -0.2) is 17.4 Å². The van der Waals surface area contributed by atoms with Crippen LogP contribution >= 0.6 is 0 Å². The van der Waals surface area contributed by atoms with E-state index >= 15 is 0 Å². The molecule has 0 aliphatic rings. The highest BCUT2D eigenvalue weighted by atomic mass is 16.1. The van der Waals surface area contributed by atoms with Crippen molar-refractivity contribution in [1.29, 1.82) is 0 Å². The zero-order valence-corrected chi connectivity index (χ0v) is 6.45. The maximum atomic E-state index is 10.4. The average molecular weight is 166 g/mol. The SMILES string of the molecule is NC(=O)CNc1ccnc(N)c1. The highest BCUT2D eigenvalue weighted by Crippen LogP contribution is 2.07. The van der Waals surface area contributed by atoms with Gasteiger partial charge < -0.3 is 16.8 Å². The number of pyridine rings is 1. The second kappa shape index (κ2) is 3.56. The number of rotatable bonds is 3. The maximum Gasteiger partial charge on any atom is 0.236 e. The summed E-state index contributed by atoms with van der Waals surface area (Å²) in [5.41, 5.74) is 11.1. The summed E-state index contributed by atoms with van der Waals surface area (Å²) in [7, 11) is 0. The molecule has 0 fully saturated rings. The molecule has 0 spiro atoms. The number of hydrogen-bond acceptors (Lipinski definition) is 4. The fourth-order valence-corrected chi connectivity index (χ4v) is 0.747. The number of carbonyl (C=O) groups excluding carboxylic acids is 1. The lowest BCUT2D eigenvalue weighted by Crippen LogP contribution is -2.21. The molecule has 0 radical (unpaired) electrons. The van der Waals surface area contributed by atoms with E-state index in [1.807, 2.05) is 0 Å². The van der Waals surface area contributed by atoms with E-state index in [-0.39, 0.29) is 6.54 Å². The van der Waals surface area contributed by atoms with Gasteiger partial charge in [0.25, 0.3) is 0 Å². The minimum Gasteiger partial charge on any atom is -0.384 e. The average Bonchev–Trinajstić information content (AvgIpc) is 2.01. The van der Waals surface area contributed by atoms with Gasteiger partial charge in [0.2, 0.25) is 5.91 Å². The molecule has 1 heterocycles. The molecule has 0 atom stereocenters. The lowest BCUT2D eigenvalue weighted by molar-refractivity contribution is -0.116. The van der Waals surface area contributed by atoms with Crippen LogP contribution in [0.25, 0.3) is 0 Å². The third kappa shape index (κ3) is 2.45. The number of nitrogen functional groups attached to an aromatic ring is 1. The first-order valence-electron chi connectivity index (χ1n) is 3.42. The molecule has 0 aromatic carbocycles. The minimum absolute atomic E-state index is 0.101. The Balaban J connectivity index is 2.57. The summed E-state index contributed by atoms with van der Waals surface area (Å²) >= 11 is 0. The molecule has 1 rings (SSSR count). The number of anilines is 2. The second-order valence-electron chi connectivity index (χ2n) is 2.29. The lowest BCUT2D eigenvalue weighted by atomic mass is 10.4. The Hall–Kier alpha value is -1.78. The number of hydrogen-bond donors (Lipinski definition) is 3. The highest BCUT2D eigenvalue weighted by molar-refractivity contribution is 5.78. The Morgan fingerprint density at radius 2 is 2.42 bits per heavy atom. The summed E-state index contributed by atoms with van der Waals surface area (Å²) < 4.78 is 0. The molecule has 64 valence electrons. The molecule has 0 saturated carbocycles. The van der Waals surface area contributed by atoms with Crippen molar-refractivity contribution in [2.75, 3.05) is 17.6 Å². The number of amides is 1. The fraction of sp³-hybridized carbons (Fsp3) is 0.143.